The largest absolute Gasteiger partial charge is 0.368 e. The Kier molecular flexibility index (Phi) is 6.56. The number of aromatic amines is 1. The van der Waals surface area contributed by atoms with Crippen LogP contribution in [0.1, 0.15) is 42.3 Å². The molecule has 0 fully saturated rings. The molecule has 1 amide bonds. The number of carbonyl (C=O) groups is 1. The van der Waals surface area contributed by atoms with Gasteiger partial charge in [0.05, 0.1) is 19.1 Å². The Hall–Kier alpha value is -3.98. The zero-order chi connectivity index (χ0) is 25.2. The molecule has 3 N–H and O–H groups in total. The molecule has 1 aliphatic rings. The third-order valence-corrected chi connectivity index (χ3v) is 6.90. The minimum absolute atomic E-state index is 0.290. The van der Waals surface area contributed by atoms with Gasteiger partial charge in [-0.3, -0.25) is 24.0 Å². The van der Waals surface area contributed by atoms with Gasteiger partial charge in [-0.25, -0.2) is 9.78 Å². The summed E-state index contributed by atoms with van der Waals surface area (Å²) in [7, 11) is 0. The molecule has 9 heteroatoms. The minimum atomic E-state index is -0.495. The number of amides is 1. The van der Waals surface area contributed by atoms with Crippen LogP contribution in [0.5, 0.6) is 0 Å². The van der Waals surface area contributed by atoms with Crippen molar-refractivity contribution in [3.63, 3.8) is 0 Å². The normalized spacial score (nSPS) is 15.8. The Morgan fingerprint density at radius 1 is 1.03 bits per heavy atom. The second kappa shape index (κ2) is 9.94. The molecule has 0 bridgehead atoms. The Labute approximate surface area is 208 Å². The number of nitrogens with two attached hydrogens (primary N) is 1. The summed E-state index contributed by atoms with van der Waals surface area (Å²) in [6.07, 6.45) is 2.31. The summed E-state index contributed by atoms with van der Waals surface area (Å²) in [5.41, 5.74) is 8.78. The number of rotatable bonds is 8. The van der Waals surface area contributed by atoms with Crippen LogP contribution in [0.3, 0.4) is 0 Å². The van der Waals surface area contributed by atoms with Gasteiger partial charge in [0.15, 0.2) is 11.2 Å². The molecule has 0 saturated heterocycles. The fourth-order valence-corrected chi connectivity index (χ4v) is 5.01. The highest BCUT2D eigenvalue weighted by Crippen LogP contribution is 2.26. The number of nitrogens with zero attached hydrogens (tertiary/aromatic N) is 4. The van der Waals surface area contributed by atoms with Crippen molar-refractivity contribution >= 4 is 17.1 Å². The number of primary amides is 1. The Balaban J connectivity index is 1.61. The van der Waals surface area contributed by atoms with E-state index >= 15 is 0 Å². The van der Waals surface area contributed by atoms with Crippen molar-refractivity contribution in [2.24, 2.45) is 5.73 Å². The number of benzene rings is 2. The molecule has 5 rings (SSSR count). The first kappa shape index (κ1) is 23.7. The summed E-state index contributed by atoms with van der Waals surface area (Å²) >= 11 is 0. The Morgan fingerprint density at radius 3 is 2.47 bits per heavy atom. The van der Waals surface area contributed by atoms with E-state index in [0.29, 0.717) is 43.0 Å². The van der Waals surface area contributed by atoms with Crippen LogP contribution in [0.2, 0.25) is 0 Å². The van der Waals surface area contributed by atoms with Gasteiger partial charge in [-0.05, 0) is 29.5 Å². The minimum Gasteiger partial charge on any atom is -0.368 e. The van der Waals surface area contributed by atoms with Gasteiger partial charge in [0.25, 0.3) is 5.56 Å². The molecule has 2 aromatic carbocycles. The van der Waals surface area contributed by atoms with Gasteiger partial charge in [0, 0.05) is 13.1 Å². The van der Waals surface area contributed by atoms with E-state index in [0.717, 1.165) is 29.5 Å². The van der Waals surface area contributed by atoms with E-state index in [4.69, 9.17) is 10.7 Å². The highest BCUT2D eigenvalue weighted by atomic mass is 16.2. The summed E-state index contributed by atoms with van der Waals surface area (Å²) < 4.78 is 3.41. The quantitative estimate of drug-likeness (QED) is 0.396. The zero-order valence-corrected chi connectivity index (χ0v) is 20.3. The monoisotopic (exact) mass is 486 g/mol. The molecule has 0 spiro atoms. The fourth-order valence-electron chi connectivity index (χ4n) is 5.01. The molecule has 0 aliphatic carbocycles. The average molecular weight is 487 g/mol. The van der Waals surface area contributed by atoms with Crippen molar-refractivity contribution in [2.75, 3.05) is 0 Å². The third-order valence-electron chi connectivity index (χ3n) is 6.90. The predicted molar refractivity (Wildman–Crippen MR) is 137 cm³/mol. The maximum atomic E-state index is 13.0. The summed E-state index contributed by atoms with van der Waals surface area (Å²) in [5, 5.41) is 0. The first-order valence-corrected chi connectivity index (χ1v) is 12.3. The van der Waals surface area contributed by atoms with Crippen LogP contribution in [0.25, 0.3) is 11.2 Å². The first-order chi connectivity index (χ1) is 17.5. The van der Waals surface area contributed by atoms with Crippen LogP contribution in [0.15, 0.2) is 64.2 Å². The molecule has 3 heterocycles. The smallest absolute Gasteiger partial charge is 0.330 e. The number of aryl methyl sites for hydroxylation is 1. The molecular formula is C27H30N6O3. The molecule has 1 atom stereocenters. The summed E-state index contributed by atoms with van der Waals surface area (Å²) in [4.78, 5) is 47.6. The number of fused-ring (bicyclic) bond motifs is 2. The molecule has 0 unspecified atom stereocenters. The van der Waals surface area contributed by atoms with Crippen LogP contribution in [-0.2, 0) is 37.4 Å². The lowest BCUT2D eigenvalue weighted by Gasteiger charge is -2.34. The topological polar surface area (TPSA) is 119 Å². The summed E-state index contributed by atoms with van der Waals surface area (Å²) in [6.45, 7) is 3.84. The number of hydrogen-bond donors (Lipinski definition) is 2. The van der Waals surface area contributed by atoms with Gasteiger partial charge >= 0.3 is 5.69 Å². The second-order valence-corrected chi connectivity index (χ2v) is 9.33. The first-order valence-electron chi connectivity index (χ1n) is 12.3. The van der Waals surface area contributed by atoms with Crippen LogP contribution >= 0.6 is 0 Å². The highest BCUT2D eigenvalue weighted by Gasteiger charge is 2.31. The number of aromatic nitrogens is 4. The number of unbranched alkanes of at least 4 members (excludes halogenated alkanes) is 1. The van der Waals surface area contributed by atoms with Crippen molar-refractivity contribution < 1.29 is 4.79 Å². The molecule has 186 valence electrons. The molecule has 36 heavy (non-hydrogen) atoms. The van der Waals surface area contributed by atoms with Crippen LogP contribution in [-0.4, -0.2) is 36.0 Å². The third kappa shape index (κ3) is 4.49. The Bertz CT molecular complexity index is 1520. The van der Waals surface area contributed by atoms with Crippen molar-refractivity contribution in [2.45, 2.75) is 58.4 Å². The zero-order valence-electron chi connectivity index (χ0n) is 20.3. The van der Waals surface area contributed by atoms with Crippen LogP contribution in [0.4, 0.5) is 0 Å². The number of carbonyl (C=O) groups excluding carboxylic acids is 1. The van der Waals surface area contributed by atoms with Gasteiger partial charge < -0.3 is 10.3 Å². The standard InChI is InChI=1S/C27H30N6O3/c1-2-3-13-32-22(17-31-16-20-12-8-7-11-19(20)14-21(31)24(28)34)29-25-23(32)26(35)30-27(36)33(25)15-18-9-5-4-6-10-18/h4-12,21H,2-3,13-17H2,1H3,(H2,28,34)(H,30,35,36)/t21-/m1/s1. The van der Waals surface area contributed by atoms with E-state index in [1.807, 2.05) is 58.0 Å². The van der Waals surface area contributed by atoms with E-state index in [1.54, 1.807) is 0 Å². The van der Waals surface area contributed by atoms with E-state index in [2.05, 4.69) is 18.0 Å². The van der Waals surface area contributed by atoms with Gasteiger partial charge in [-0.1, -0.05) is 67.9 Å². The highest BCUT2D eigenvalue weighted by molar-refractivity contribution is 5.80. The SMILES string of the molecule is CCCCn1c(CN2Cc3ccccc3C[C@@H]2C(N)=O)nc2c1c(=O)[nH]c(=O)n2Cc1ccccc1. The van der Waals surface area contributed by atoms with Crippen molar-refractivity contribution in [3.8, 4) is 0 Å². The molecule has 4 aromatic rings. The lowest BCUT2D eigenvalue weighted by molar-refractivity contribution is -0.124. The van der Waals surface area contributed by atoms with Gasteiger partial charge in [0.1, 0.15) is 5.82 Å². The van der Waals surface area contributed by atoms with Gasteiger partial charge in [-0.15, -0.1) is 0 Å². The van der Waals surface area contributed by atoms with Gasteiger partial charge in [0.2, 0.25) is 5.91 Å². The number of nitrogens with one attached hydrogen (secondary N) is 1. The van der Waals surface area contributed by atoms with E-state index in [-0.39, 0.29) is 12.5 Å². The molecule has 0 radical (unpaired) electrons. The lowest BCUT2D eigenvalue weighted by Crippen LogP contribution is -2.48. The predicted octanol–water partition coefficient (Wildman–Crippen LogP) is 2.15. The van der Waals surface area contributed by atoms with E-state index in [9.17, 15) is 14.4 Å². The lowest BCUT2D eigenvalue weighted by atomic mass is 9.93. The summed E-state index contributed by atoms with van der Waals surface area (Å²) in [5.74, 6) is 0.251. The van der Waals surface area contributed by atoms with Crippen molar-refractivity contribution in [1.29, 1.82) is 0 Å². The maximum absolute atomic E-state index is 13.0. The van der Waals surface area contributed by atoms with Crippen LogP contribution < -0.4 is 17.0 Å². The maximum Gasteiger partial charge on any atom is 0.330 e. The van der Waals surface area contributed by atoms with E-state index in [1.165, 1.54) is 4.57 Å². The fraction of sp³-hybridized carbons (Fsp3) is 0.333. The van der Waals surface area contributed by atoms with Crippen molar-refractivity contribution in [1.82, 2.24) is 24.0 Å². The van der Waals surface area contributed by atoms with Crippen molar-refractivity contribution in [3.05, 3.63) is 98.0 Å². The molecule has 9 nitrogen and oxygen atoms in total. The number of hydrogen-bond acceptors (Lipinski definition) is 5. The van der Waals surface area contributed by atoms with Gasteiger partial charge in [-0.2, -0.15) is 0 Å². The van der Waals surface area contributed by atoms with Crippen LogP contribution in [0, 0.1) is 0 Å². The number of H-pyrrole nitrogens is 1. The second-order valence-electron chi connectivity index (χ2n) is 9.33. The molecule has 2 aromatic heterocycles. The average Bonchev–Trinajstić information content (AvgIpc) is 3.23. The molecule has 0 saturated carbocycles. The Morgan fingerprint density at radius 2 is 1.75 bits per heavy atom. The summed E-state index contributed by atoms with van der Waals surface area (Å²) in [6, 6.07) is 17.2. The van der Waals surface area contributed by atoms with E-state index < -0.39 is 17.3 Å². The molecular weight excluding hydrogens is 456 g/mol. The number of imidazole rings is 1. The molecule has 1 aliphatic heterocycles.